The number of nitrogens with zero attached hydrogens (tertiary/aromatic N) is 1. The first-order chi connectivity index (χ1) is 13.7. The molecule has 3 rings (SSSR count). The summed E-state index contributed by atoms with van der Waals surface area (Å²) >= 11 is 0. The van der Waals surface area contributed by atoms with Crippen molar-refractivity contribution in [3.63, 3.8) is 0 Å². The SMILES string of the molecule is CC(=O)CCCCC1OCC(Oc2ccc(OCc3ccccc3)cn2)CO1. The summed E-state index contributed by atoms with van der Waals surface area (Å²) in [6.07, 6.45) is 4.47. The maximum absolute atomic E-state index is 10.9. The van der Waals surface area contributed by atoms with Gasteiger partial charge >= 0.3 is 0 Å². The first kappa shape index (κ1) is 20.3. The molecule has 0 unspecified atom stereocenters. The average Bonchev–Trinajstić information content (AvgIpc) is 2.72. The van der Waals surface area contributed by atoms with Gasteiger partial charge in [0.25, 0.3) is 0 Å². The lowest BCUT2D eigenvalue weighted by Crippen LogP contribution is -2.39. The van der Waals surface area contributed by atoms with Crippen LogP contribution in [-0.2, 0) is 20.9 Å². The Bertz CT molecular complexity index is 711. The van der Waals surface area contributed by atoms with E-state index >= 15 is 0 Å². The van der Waals surface area contributed by atoms with Crippen LogP contribution in [0.3, 0.4) is 0 Å². The molecule has 0 radical (unpaired) electrons. The molecule has 0 bridgehead atoms. The lowest BCUT2D eigenvalue weighted by molar-refractivity contribution is -0.214. The molecule has 2 aromatic rings. The number of carbonyl (C=O) groups is 1. The maximum Gasteiger partial charge on any atom is 0.213 e. The molecule has 1 aliphatic heterocycles. The van der Waals surface area contributed by atoms with Crippen molar-refractivity contribution in [3.8, 4) is 11.6 Å². The Morgan fingerprint density at radius 1 is 1.11 bits per heavy atom. The fourth-order valence-corrected chi connectivity index (χ4v) is 2.88. The zero-order valence-electron chi connectivity index (χ0n) is 16.2. The predicted octanol–water partition coefficient (Wildman–Crippen LogP) is 3.93. The molecule has 150 valence electrons. The van der Waals surface area contributed by atoms with Crippen LogP contribution in [0.25, 0.3) is 0 Å². The molecule has 0 atom stereocenters. The number of unbranched alkanes of at least 4 members (excludes halogenated alkanes) is 1. The van der Waals surface area contributed by atoms with Gasteiger partial charge in [0, 0.05) is 12.5 Å². The van der Waals surface area contributed by atoms with Crippen LogP contribution in [0.1, 0.15) is 38.2 Å². The van der Waals surface area contributed by atoms with E-state index in [1.165, 1.54) is 0 Å². The molecule has 1 fully saturated rings. The van der Waals surface area contributed by atoms with Crippen molar-refractivity contribution in [2.24, 2.45) is 0 Å². The van der Waals surface area contributed by atoms with E-state index in [0.29, 0.717) is 37.9 Å². The van der Waals surface area contributed by atoms with Gasteiger partial charge in [-0.05, 0) is 37.8 Å². The van der Waals surface area contributed by atoms with E-state index in [0.717, 1.165) is 24.8 Å². The molecule has 0 amide bonds. The van der Waals surface area contributed by atoms with Crippen molar-refractivity contribution in [2.45, 2.75) is 51.6 Å². The molecule has 2 heterocycles. The average molecular weight is 385 g/mol. The molecule has 6 heteroatoms. The number of aromatic nitrogens is 1. The quantitative estimate of drug-likeness (QED) is 0.577. The molecule has 1 aromatic heterocycles. The van der Waals surface area contributed by atoms with Crippen molar-refractivity contribution >= 4 is 5.78 Å². The van der Waals surface area contributed by atoms with Gasteiger partial charge < -0.3 is 23.7 Å². The van der Waals surface area contributed by atoms with Crippen LogP contribution in [0, 0.1) is 0 Å². The van der Waals surface area contributed by atoms with E-state index in [-0.39, 0.29) is 18.2 Å². The van der Waals surface area contributed by atoms with Gasteiger partial charge in [0.1, 0.15) is 24.2 Å². The zero-order chi connectivity index (χ0) is 19.6. The molecule has 0 aliphatic carbocycles. The van der Waals surface area contributed by atoms with E-state index in [4.69, 9.17) is 18.9 Å². The Morgan fingerprint density at radius 2 is 1.89 bits per heavy atom. The monoisotopic (exact) mass is 385 g/mol. The summed E-state index contributed by atoms with van der Waals surface area (Å²) in [5, 5.41) is 0. The van der Waals surface area contributed by atoms with Gasteiger partial charge in [-0.2, -0.15) is 0 Å². The minimum absolute atomic E-state index is 0.183. The number of hydrogen-bond acceptors (Lipinski definition) is 6. The highest BCUT2D eigenvalue weighted by Gasteiger charge is 2.23. The summed E-state index contributed by atoms with van der Waals surface area (Å²) in [4.78, 5) is 15.2. The largest absolute Gasteiger partial charge is 0.487 e. The third-order valence-electron chi connectivity index (χ3n) is 4.40. The fraction of sp³-hybridized carbons (Fsp3) is 0.455. The summed E-state index contributed by atoms with van der Waals surface area (Å²) in [5.74, 6) is 1.44. The minimum Gasteiger partial charge on any atom is -0.487 e. The number of ether oxygens (including phenoxy) is 4. The van der Waals surface area contributed by atoms with Gasteiger partial charge in [0.05, 0.1) is 19.4 Å². The molecule has 6 nitrogen and oxygen atoms in total. The number of ketones is 1. The highest BCUT2D eigenvalue weighted by molar-refractivity contribution is 5.75. The number of hydrogen-bond donors (Lipinski definition) is 0. The second-order valence-electron chi connectivity index (χ2n) is 6.89. The molecule has 0 spiro atoms. The van der Waals surface area contributed by atoms with Gasteiger partial charge in [-0.15, -0.1) is 0 Å². The lowest BCUT2D eigenvalue weighted by atomic mass is 10.1. The molecule has 0 N–H and O–H groups in total. The third-order valence-corrected chi connectivity index (χ3v) is 4.40. The molecule has 28 heavy (non-hydrogen) atoms. The second kappa shape index (κ2) is 10.8. The van der Waals surface area contributed by atoms with Gasteiger partial charge in [-0.3, -0.25) is 0 Å². The zero-order valence-corrected chi connectivity index (χ0v) is 16.2. The van der Waals surface area contributed by atoms with Crippen LogP contribution in [0.5, 0.6) is 11.6 Å². The fourth-order valence-electron chi connectivity index (χ4n) is 2.88. The van der Waals surface area contributed by atoms with Crippen LogP contribution in [0.15, 0.2) is 48.7 Å². The Hall–Kier alpha value is -2.44. The first-order valence-corrected chi connectivity index (χ1v) is 9.71. The van der Waals surface area contributed by atoms with E-state index in [1.807, 2.05) is 36.4 Å². The van der Waals surface area contributed by atoms with Gasteiger partial charge in [0.15, 0.2) is 6.29 Å². The predicted molar refractivity (Wildman–Crippen MR) is 104 cm³/mol. The standard InChI is InChI=1S/C22H27NO5/c1-17(24)7-5-6-10-22-26-15-20(16-27-22)28-21-12-11-19(13-23-21)25-14-18-8-3-2-4-9-18/h2-4,8-9,11-13,20,22H,5-7,10,14-16H2,1H3. The van der Waals surface area contributed by atoms with Crippen molar-refractivity contribution in [1.82, 2.24) is 4.98 Å². The van der Waals surface area contributed by atoms with Crippen LogP contribution < -0.4 is 9.47 Å². The van der Waals surface area contributed by atoms with Crippen molar-refractivity contribution in [2.75, 3.05) is 13.2 Å². The van der Waals surface area contributed by atoms with Crippen molar-refractivity contribution in [1.29, 1.82) is 0 Å². The summed E-state index contributed by atoms with van der Waals surface area (Å²) in [5.41, 5.74) is 1.11. The lowest BCUT2D eigenvalue weighted by Gasteiger charge is -2.29. The van der Waals surface area contributed by atoms with Crippen molar-refractivity contribution < 1.29 is 23.7 Å². The van der Waals surface area contributed by atoms with Gasteiger partial charge in [-0.25, -0.2) is 4.98 Å². The summed E-state index contributed by atoms with van der Waals surface area (Å²) in [7, 11) is 0. The number of pyridine rings is 1. The summed E-state index contributed by atoms with van der Waals surface area (Å²) in [6, 6.07) is 13.6. The molecular weight excluding hydrogens is 358 g/mol. The van der Waals surface area contributed by atoms with Gasteiger partial charge in [-0.1, -0.05) is 30.3 Å². The molecule has 0 saturated carbocycles. The van der Waals surface area contributed by atoms with E-state index in [9.17, 15) is 4.79 Å². The topological polar surface area (TPSA) is 66.9 Å². The van der Waals surface area contributed by atoms with E-state index in [2.05, 4.69) is 4.98 Å². The van der Waals surface area contributed by atoms with Crippen LogP contribution >= 0.6 is 0 Å². The summed E-state index contributed by atoms with van der Waals surface area (Å²) < 4.78 is 22.9. The number of benzene rings is 1. The Balaban J connectivity index is 1.35. The molecule has 1 aromatic carbocycles. The van der Waals surface area contributed by atoms with E-state index in [1.54, 1.807) is 19.2 Å². The third kappa shape index (κ3) is 6.94. The first-order valence-electron chi connectivity index (χ1n) is 9.71. The Morgan fingerprint density at radius 3 is 2.57 bits per heavy atom. The van der Waals surface area contributed by atoms with E-state index < -0.39 is 0 Å². The van der Waals surface area contributed by atoms with Crippen LogP contribution in [-0.4, -0.2) is 36.4 Å². The van der Waals surface area contributed by atoms with Crippen LogP contribution in [0.4, 0.5) is 0 Å². The Kier molecular flexibility index (Phi) is 7.82. The smallest absolute Gasteiger partial charge is 0.213 e. The highest BCUT2D eigenvalue weighted by Crippen LogP contribution is 2.19. The molecular formula is C22H27NO5. The molecule has 1 aliphatic rings. The second-order valence-corrected chi connectivity index (χ2v) is 6.89. The minimum atomic E-state index is -0.214. The van der Waals surface area contributed by atoms with Crippen LogP contribution in [0.2, 0.25) is 0 Å². The summed E-state index contributed by atoms with van der Waals surface area (Å²) in [6.45, 7) is 3.04. The Labute approximate surface area is 165 Å². The molecule has 1 saturated heterocycles. The maximum atomic E-state index is 10.9. The van der Waals surface area contributed by atoms with Gasteiger partial charge in [0.2, 0.25) is 5.88 Å². The number of rotatable bonds is 10. The number of carbonyl (C=O) groups excluding carboxylic acids is 1. The number of Topliss-reactive ketones (excluding diaryl/α,β-unsaturated/α-hetero) is 1. The van der Waals surface area contributed by atoms with Crippen molar-refractivity contribution in [3.05, 3.63) is 54.2 Å². The normalized spacial score (nSPS) is 19.2. The highest BCUT2D eigenvalue weighted by atomic mass is 16.7.